The second-order valence-corrected chi connectivity index (χ2v) is 8.19. The molecule has 0 spiro atoms. The highest BCUT2D eigenvalue weighted by molar-refractivity contribution is 7.89. The Balaban J connectivity index is 1.61. The minimum absolute atomic E-state index is 0.122. The molecule has 1 amide bonds. The predicted molar refractivity (Wildman–Crippen MR) is 102 cm³/mol. The van der Waals surface area contributed by atoms with Crippen molar-refractivity contribution in [2.24, 2.45) is 0 Å². The van der Waals surface area contributed by atoms with Crippen LogP contribution in [0, 0.1) is 17.1 Å². The lowest BCUT2D eigenvalue weighted by atomic mass is 10.2. The van der Waals surface area contributed by atoms with Crippen LogP contribution in [-0.4, -0.2) is 49.7 Å². The fourth-order valence-corrected chi connectivity index (χ4v) is 4.30. The molecule has 0 N–H and O–H groups in total. The monoisotopic (exact) mass is 399 g/mol. The van der Waals surface area contributed by atoms with Gasteiger partial charge in [-0.05, 0) is 48.0 Å². The maximum atomic E-state index is 13.2. The topological polar surface area (TPSA) is 81.5 Å². The zero-order chi connectivity index (χ0) is 20.1. The van der Waals surface area contributed by atoms with Crippen LogP contribution in [0.15, 0.2) is 59.5 Å². The van der Waals surface area contributed by atoms with E-state index in [1.54, 1.807) is 17.0 Å². The number of benzene rings is 2. The average molecular weight is 399 g/mol. The first-order chi connectivity index (χ1) is 13.4. The Morgan fingerprint density at radius 3 is 2.36 bits per heavy atom. The molecule has 1 heterocycles. The Labute approximate surface area is 163 Å². The van der Waals surface area contributed by atoms with E-state index in [1.807, 2.05) is 6.07 Å². The van der Waals surface area contributed by atoms with Crippen molar-refractivity contribution in [1.82, 2.24) is 9.21 Å². The number of sulfonamides is 1. The zero-order valence-corrected chi connectivity index (χ0v) is 15.8. The SMILES string of the molecule is N#Cc1ccc(S(=O)(=O)N2CCN(C(=O)/C=C/c3cccc(F)c3)CC2)cc1. The van der Waals surface area contributed by atoms with E-state index in [4.69, 9.17) is 5.26 Å². The van der Waals surface area contributed by atoms with Gasteiger partial charge in [0.2, 0.25) is 15.9 Å². The van der Waals surface area contributed by atoms with Gasteiger partial charge in [-0.15, -0.1) is 0 Å². The first-order valence-electron chi connectivity index (χ1n) is 8.63. The molecule has 3 rings (SSSR count). The average Bonchev–Trinajstić information content (AvgIpc) is 2.72. The minimum Gasteiger partial charge on any atom is -0.337 e. The number of nitriles is 1. The number of piperazine rings is 1. The van der Waals surface area contributed by atoms with E-state index in [-0.39, 0.29) is 42.8 Å². The Kier molecular flexibility index (Phi) is 5.87. The van der Waals surface area contributed by atoms with Gasteiger partial charge in [0.15, 0.2) is 0 Å². The van der Waals surface area contributed by atoms with Crippen LogP contribution in [0.4, 0.5) is 4.39 Å². The molecule has 1 aliphatic rings. The van der Waals surface area contributed by atoms with Crippen molar-refractivity contribution in [3.05, 3.63) is 71.6 Å². The molecule has 0 saturated carbocycles. The van der Waals surface area contributed by atoms with E-state index < -0.39 is 10.0 Å². The van der Waals surface area contributed by atoms with Crippen LogP contribution in [0.5, 0.6) is 0 Å². The molecule has 0 radical (unpaired) electrons. The maximum absolute atomic E-state index is 13.2. The Bertz CT molecular complexity index is 1040. The lowest BCUT2D eigenvalue weighted by Gasteiger charge is -2.33. The van der Waals surface area contributed by atoms with Crippen molar-refractivity contribution in [1.29, 1.82) is 5.26 Å². The molecule has 0 aromatic heterocycles. The largest absolute Gasteiger partial charge is 0.337 e. The molecule has 1 fully saturated rings. The van der Waals surface area contributed by atoms with Crippen LogP contribution in [0.2, 0.25) is 0 Å². The third-order valence-corrected chi connectivity index (χ3v) is 6.35. The lowest BCUT2D eigenvalue weighted by molar-refractivity contribution is -0.127. The summed E-state index contributed by atoms with van der Waals surface area (Å²) in [5, 5.41) is 8.82. The summed E-state index contributed by atoms with van der Waals surface area (Å²) >= 11 is 0. The van der Waals surface area contributed by atoms with Crippen LogP contribution >= 0.6 is 0 Å². The highest BCUT2D eigenvalue weighted by Gasteiger charge is 2.29. The fraction of sp³-hybridized carbons (Fsp3) is 0.200. The second kappa shape index (κ2) is 8.33. The van der Waals surface area contributed by atoms with Gasteiger partial charge >= 0.3 is 0 Å². The predicted octanol–water partition coefficient (Wildman–Crippen LogP) is 2.24. The number of hydrogen-bond acceptors (Lipinski definition) is 4. The van der Waals surface area contributed by atoms with Crippen LogP contribution in [0.3, 0.4) is 0 Å². The number of amides is 1. The summed E-state index contributed by atoms with van der Waals surface area (Å²) < 4.78 is 39.9. The summed E-state index contributed by atoms with van der Waals surface area (Å²) in [5.41, 5.74) is 0.967. The number of hydrogen-bond donors (Lipinski definition) is 0. The lowest BCUT2D eigenvalue weighted by Crippen LogP contribution is -2.50. The molecule has 144 valence electrons. The molecule has 28 heavy (non-hydrogen) atoms. The van der Waals surface area contributed by atoms with E-state index in [9.17, 15) is 17.6 Å². The highest BCUT2D eigenvalue weighted by Crippen LogP contribution is 2.18. The number of carbonyl (C=O) groups is 1. The van der Waals surface area contributed by atoms with Crippen molar-refractivity contribution in [3.63, 3.8) is 0 Å². The van der Waals surface area contributed by atoms with Crippen molar-refractivity contribution in [2.45, 2.75) is 4.90 Å². The molecule has 0 unspecified atom stereocenters. The smallest absolute Gasteiger partial charge is 0.246 e. The summed E-state index contributed by atoms with van der Waals surface area (Å²) in [4.78, 5) is 14.0. The Morgan fingerprint density at radius 2 is 1.75 bits per heavy atom. The van der Waals surface area contributed by atoms with Crippen molar-refractivity contribution >= 4 is 22.0 Å². The van der Waals surface area contributed by atoms with E-state index in [0.29, 0.717) is 11.1 Å². The van der Waals surface area contributed by atoms with Gasteiger partial charge < -0.3 is 4.90 Å². The summed E-state index contributed by atoms with van der Waals surface area (Å²) in [6.07, 6.45) is 2.89. The third-order valence-electron chi connectivity index (χ3n) is 4.44. The normalized spacial score (nSPS) is 15.5. The number of carbonyl (C=O) groups excluding carboxylic acids is 1. The number of nitrogens with zero attached hydrogens (tertiary/aromatic N) is 3. The molecule has 8 heteroatoms. The van der Waals surface area contributed by atoms with Gasteiger partial charge in [-0.25, -0.2) is 12.8 Å². The van der Waals surface area contributed by atoms with E-state index in [1.165, 1.54) is 52.9 Å². The summed E-state index contributed by atoms with van der Waals surface area (Å²) in [7, 11) is -3.67. The van der Waals surface area contributed by atoms with E-state index in [0.717, 1.165) is 0 Å². The summed E-state index contributed by atoms with van der Waals surface area (Å²) in [6.45, 7) is 0.896. The van der Waals surface area contributed by atoms with Gasteiger partial charge in [0.1, 0.15) is 5.82 Å². The van der Waals surface area contributed by atoms with Crippen LogP contribution in [0.1, 0.15) is 11.1 Å². The molecule has 2 aromatic carbocycles. The van der Waals surface area contributed by atoms with Crippen LogP contribution in [-0.2, 0) is 14.8 Å². The van der Waals surface area contributed by atoms with Gasteiger partial charge in [-0.3, -0.25) is 4.79 Å². The van der Waals surface area contributed by atoms with Gasteiger partial charge in [-0.1, -0.05) is 12.1 Å². The quantitative estimate of drug-likeness (QED) is 0.739. The van der Waals surface area contributed by atoms with E-state index >= 15 is 0 Å². The molecule has 0 bridgehead atoms. The first-order valence-corrected chi connectivity index (χ1v) is 10.1. The molecular formula is C20H18FN3O3S. The van der Waals surface area contributed by atoms with Crippen molar-refractivity contribution in [3.8, 4) is 6.07 Å². The second-order valence-electron chi connectivity index (χ2n) is 6.25. The molecule has 0 atom stereocenters. The number of halogens is 1. The van der Waals surface area contributed by atoms with Crippen molar-refractivity contribution in [2.75, 3.05) is 26.2 Å². The van der Waals surface area contributed by atoms with Gasteiger partial charge in [-0.2, -0.15) is 9.57 Å². The zero-order valence-electron chi connectivity index (χ0n) is 15.0. The maximum Gasteiger partial charge on any atom is 0.246 e. The third kappa shape index (κ3) is 4.44. The minimum atomic E-state index is -3.67. The van der Waals surface area contributed by atoms with Gasteiger partial charge in [0, 0.05) is 32.3 Å². The van der Waals surface area contributed by atoms with Crippen molar-refractivity contribution < 1.29 is 17.6 Å². The molecule has 6 nitrogen and oxygen atoms in total. The Morgan fingerprint density at radius 1 is 1.07 bits per heavy atom. The summed E-state index contributed by atoms with van der Waals surface area (Å²) in [5.74, 6) is -0.629. The van der Waals surface area contributed by atoms with Gasteiger partial charge in [0.05, 0.1) is 16.5 Å². The van der Waals surface area contributed by atoms with E-state index in [2.05, 4.69) is 0 Å². The van der Waals surface area contributed by atoms with Crippen LogP contribution in [0.25, 0.3) is 6.08 Å². The number of rotatable bonds is 4. The molecule has 1 aliphatic heterocycles. The molecule has 0 aliphatic carbocycles. The molecule has 1 saturated heterocycles. The summed E-state index contributed by atoms with van der Waals surface area (Å²) in [6, 6.07) is 13.6. The fourth-order valence-electron chi connectivity index (χ4n) is 2.88. The standard InChI is InChI=1S/C20H18FN3O3S/c21-18-3-1-2-16(14-18)6-9-20(25)23-10-12-24(13-11-23)28(26,27)19-7-4-17(15-22)5-8-19/h1-9,14H,10-13H2/b9-6+. The molecular weight excluding hydrogens is 381 g/mol. The molecule has 2 aromatic rings. The van der Waals surface area contributed by atoms with Crippen LogP contribution < -0.4 is 0 Å². The Hall–Kier alpha value is -3.02. The highest BCUT2D eigenvalue weighted by atomic mass is 32.2. The first kappa shape index (κ1) is 19.7. The van der Waals surface area contributed by atoms with Gasteiger partial charge in [0.25, 0.3) is 0 Å².